The molecular formula is C24H15Br2ClN2O3S. The molecule has 4 rings (SSSR count). The summed E-state index contributed by atoms with van der Waals surface area (Å²) in [5.41, 5.74) is 2.22. The molecular weight excluding hydrogens is 592 g/mol. The van der Waals surface area contributed by atoms with E-state index in [1.54, 1.807) is 30.3 Å². The third-order valence-electron chi connectivity index (χ3n) is 4.49. The predicted octanol–water partition coefficient (Wildman–Crippen LogP) is 6.84. The highest BCUT2D eigenvalue weighted by Gasteiger charge is 2.25. The lowest BCUT2D eigenvalue weighted by Gasteiger charge is -2.11. The van der Waals surface area contributed by atoms with E-state index in [-0.39, 0.29) is 11.1 Å². The van der Waals surface area contributed by atoms with Gasteiger partial charge in [-0.05, 0) is 97.2 Å². The fourth-order valence-corrected chi connectivity index (χ4v) is 5.30. The summed E-state index contributed by atoms with van der Waals surface area (Å²) in [7, 11) is 0. The Kier molecular flexibility index (Phi) is 7.70. The van der Waals surface area contributed by atoms with Crippen LogP contribution in [-0.2, 0) is 11.4 Å². The highest BCUT2D eigenvalue weighted by molar-refractivity contribution is 9.11. The maximum atomic E-state index is 12.4. The maximum absolute atomic E-state index is 12.4. The fraction of sp³-hybridized carbons (Fsp3) is 0.0417. The molecule has 33 heavy (non-hydrogen) atoms. The molecule has 0 spiro atoms. The van der Waals surface area contributed by atoms with Crippen LogP contribution in [0.4, 0.5) is 0 Å². The first-order chi connectivity index (χ1) is 15.9. The maximum Gasteiger partial charge on any atom is 0.279 e. The molecule has 0 aliphatic carbocycles. The summed E-state index contributed by atoms with van der Waals surface area (Å²) < 4.78 is 7.41. The largest absolute Gasteiger partial charge is 0.487 e. The zero-order chi connectivity index (χ0) is 23.4. The van der Waals surface area contributed by atoms with Crippen LogP contribution in [0, 0.1) is 0 Å². The third kappa shape index (κ3) is 6.14. The van der Waals surface area contributed by atoms with Gasteiger partial charge in [0.05, 0.1) is 13.9 Å². The average Bonchev–Trinajstić information content (AvgIpc) is 3.13. The minimum Gasteiger partial charge on any atom is -0.487 e. The molecule has 0 radical (unpaired) electrons. The molecule has 0 aromatic heterocycles. The smallest absolute Gasteiger partial charge is 0.279 e. The molecule has 1 N–H and O–H groups in total. The van der Waals surface area contributed by atoms with E-state index in [9.17, 15) is 9.59 Å². The number of hydrogen-bond donors (Lipinski definition) is 1. The van der Waals surface area contributed by atoms with Crippen molar-refractivity contribution >= 4 is 78.3 Å². The summed E-state index contributed by atoms with van der Waals surface area (Å²) >= 11 is 14.1. The van der Waals surface area contributed by atoms with E-state index in [4.69, 9.17) is 16.3 Å². The molecule has 1 aliphatic heterocycles. The van der Waals surface area contributed by atoms with Crippen molar-refractivity contribution in [3.8, 4) is 5.75 Å². The van der Waals surface area contributed by atoms with Gasteiger partial charge in [0.1, 0.15) is 12.4 Å². The zero-order valence-electron chi connectivity index (χ0n) is 16.8. The Hall–Kier alpha value is -2.39. The van der Waals surface area contributed by atoms with E-state index in [0.717, 1.165) is 31.8 Å². The van der Waals surface area contributed by atoms with Gasteiger partial charge in [-0.2, -0.15) is 4.99 Å². The zero-order valence-corrected chi connectivity index (χ0v) is 21.6. The van der Waals surface area contributed by atoms with Crippen molar-refractivity contribution in [3.05, 3.63) is 102 Å². The van der Waals surface area contributed by atoms with Crippen LogP contribution < -0.4 is 10.1 Å². The fourth-order valence-electron chi connectivity index (χ4n) is 2.91. The summed E-state index contributed by atoms with van der Waals surface area (Å²) in [5.74, 6) is -0.0754. The van der Waals surface area contributed by atoms with E-state index in [0.29, 0.717) is 27.8 Å². The summed E-state index contributed by atoms with van der Waals surface area (Å²) in [6.45, 7) is 0.377. The number of aliphatic imine (C=N–C) groups is 1. The van der Waals surface area contributed by atoms with Crippen LogP contribution in [0.2, 0.25) is 5.02 Å². The van der Waals surface area contributed by atoms with Crippen molar-refractivity contribution in [3.63, 3.8) is 0 Å². The van der Waals surface area contributed by atoms with Gasteiger partial charge in [-0.3, -0.25) is 9.59 Å². The summed E-state index contributed by atoms with van der Waals surface area (Å²) in [5, 5.41) is 3.56. The number of carbonyl (C=O) groups excluding carboxylic acids is 2. The highest BCUT2D eigenvalue weighted by atomic mass is 79.9. The highest BCUT2D eigenvalue weighted by Crippen LogP contribution is 2.37. The second-order valence-electron chi connectivity index (χ2n) is 6.88. The molecule has 1 fully saturated rings. The van der Waals surface area contributed by atoms with Crippen molar-refractivity contribution in [2.75, 3.05) is 0 Å². The Labute approximate surface area is 216 Å². The summed E-state index contributed by atoms with van der Waals surface area (Å²) in [6, 6.07) is 19.8. The molecule has 166 valence electrons. The summed E-state index contributed by atoms with van der Waals surface area (Å²) in [4.78, 5) is 29.1. The minimum absolute atomic E-state index is 0.251. The second-order valence-corrected chi connectivity index (χ2v) is 10.1. The Bertz CT molecular complexity index is 1260. The molecule has 5 nitrogen and oxygen atoms in total. The van der Waals surface area contributed by atoms with E-state index in [1.807, 2.05) is 42.5 Å². The molecule has 0 bridgehead atoms. The monoisotopic (exact) mass is 604 g/mol. The van der Waals surface area contributed by atoms with Crippen molar-refractivity contribution in [2.45, 2.75) is 6.61 Å². The Balaban J connectivity index is 1.48. The van der Waals surface area contributed by atoms with Gasteiger partial charge >= 0.3 is 0 Å². The van der Waals surface area contributed by atoms with Crippen LogP contribution in [0.1, 0.15) is 21.5 Å². The first-order valence-corrected chi connectivity index (χ1v) is 12.4. The number of thioether (sulfide) groups is 1. The number of benzene rings is 3. The quantitative estimate of drug-likeness (QED) is 0.323. The molecule has 9 heteroatoms. The minimum atomic E-state index is -0.410. The number of ether oxygens (including phenoxy) is 1. The number of amides is 2. The molecule has 2 amide bonds. The van der Waals surface area contributed by atoms with Crippen LogP contribution in [0.25, 0.3) is 6.08 Å². The van der Waals surface area contributed by atoms with E-state index < -0.39 is 5.91 Å². The van der Waals surface area contributed by atoms with Crippen LogP contribution >= 0.6 is 55.2 Å². The lowest BCUT2D eigenvalue weighted by molar-refractivity contribution is -0.115. The number of carbonyl (C=O) groups is 2. The second kappa shape index (κ2) is 10.7. The Morgan fingerprint density at radius 3 is 2.39 bits per heavy atom. The molecule has 1 heterocycles. The number of rotatable bonds is 5. The lowest BCUT2D eigenvalue weighted by atomic mass is 10.2. The van der Waals surface area contributed by atoms with Crippen LogP contribution in [0.5, 0.6) is 5.75 Å². The molecule has 1 saturated heterocycles. The number of nitrogens with zero attached hydrogens (tertiary/aromatic N) is 1. The SMILES string of the molecule is O=C1NC(=NC(=O)c2ccccc2)S/C1=C\c1cc(Br)c(OCc2ccc(Cl)cc2)c(Br)c1. The van der Waals surface area contributed by atoms with Gasteiger partial charge in [0.2, 0.25) is 0 Å². The van der Waals surface area contributed by atoms with Crippen LogP contribution in [-0.4, -0.2) is 17.0 Å². The molecule has 3 aromatic rings. The van der Waals surface area contributed by atoms with Crippen molar-refractivity contribution < 1.29 is 14.3 Å². The molecule has 0 atom stereocenters. The van der Waals surface area contributed by atoms with E-state index in [2.05, 4.69) is 42.2 Å². The molecule has 3 aromatic carbocycles. The van der Waals surface area contributed by atoms with Gasteiger partial charge in [-0.15, -0.1) is 0 Å². The first kappa shape index (κ1) is 23.8. The number of nitrogens with one attached hydrogen (secondary N) is 1. The van der Waals surface area contributed by atoms with Gasteiger partial charge in [-0.1, -0.05) is 41.9 Å². The number of amidine groups is 1. The van der Waals surface area contributed by atoms with Crippen LogP contribution in [0.3, 0.4) is 0 Å². The topological polar surface area (TPSA) is 67.8 Å². The first-order valence-electron chi connectivity index (χ1n) is 9.64. The normalized spacial score (nSPS) is 15.7. The number of hydrogen-bond acceptors (Lipinski definition) is 4. The van der Waals surface area contributed by atoms with Crippen molar-refractivity contribution in [2.24, 2.45) is 4.99 Å². The van der Waals surface area contributed by atoms with Gasteiger partial charge in [0.25, 0.3) is 11.8 Å². The molecule has 0 unspecified atom stereocenters. The van der Waals surface area contributed by atoms with E-state index in [1.165, 1.54) is 0 Å². The Morgan fingerprint density at radius 1 is 1.06 bits per heavy atom. The van der Waals surface area contributed by atoms with Gasteiger partial charge in [0.15, 0.2) is 5.17 Å². The van der Waals surface area contributed by atoms with Crippen molar-refractivity contribution in [1.29, 1.82) is 0 Å². The lowest BCUT2D eigenvalue weighted by Crippen LogP contribution is -2.20. The molecule has 0 saturated carbocycles. The van der Waals surface area contributed by atoms with Gasteiger partial charge in [-0.25, -0.2) is 0 Å². The Morgan fingerprint density at radius 2 is 1.73 bits per heavy atom. The third-order valence-corrected chi connectivity index (χ3v) is 6.83. The van der Waals surface area contributed by atoms with Gasteiger partial charge in [0, 0.05) is 10.6 Å². The summed E-state index contributed by atoms with van der Waals surface area (Å²) in [6.07, 6.45) is 1.73. The average molecular weight is 607 g/mol. The predicted molar refractivity (Wildman–Crippen MR) is 140 cm³/mol. The van der Waals surface area contributed by atoms with Crippen molar-refractivity contribution in [1.82, 2.24) is 5.32 Å². The molecule has 1 aliphatic rings. The number of halogens is 3. The standard InChI is InChI=1S/C24H15Br2ClN2O3S/c25-18-10-15(11-19(26)21(18)32-13-14-6-8-17(27)9-7-14)12-20-23(31)29-24(33-20)28-22(30)16-4-2-1-3-5-16/h1-12H,13H2,(H,28,29,30,31)/b20-12-. The van der Waals surface area contributed by atoms with E-state index >= 15 is 0 Å². The van der Waals surface area contributed by atoms with Crippen LogP contribution in [0.15, 0.2) is 85.6 Å². The van der Waals surface area contributed by atoms with Gasteiger partial charge < -0.3 is 10.1 Å².